The molecule has 1 aromatic carbocycles. The van der Waals surface area contributed by atoms with Crippen LogP contribution in [0.15, 0.2) is 18.2 Å². The molecule has 1 aromatic rings. The molecular formula is C16H21FN2O3. The monoisotopic (exact) mass is 308 g/mol. The van der Waals surface area contributed by atoms with Crippen molar-refractivity contribution in [2.45, 2.75) is 38.7 Å². The predicted molar refractivity (Wildman–Crippen MR) is 81.1 cm³/mol. The minimum atomic E-state index is -0.574. The number of nitrogens with one attached hydrogen (secondary N) is 2. The van der Waals surface area contributed by atoms with E-state index >= 15 is 0 Å². The van der Waals surface area contributed by atoms with Gasteiger partial charge in [-0.1, -0.05) is 6.07 Å². The van der Waals surface area contributed by atoms with Gasteiger partial charge in [-0.05, 0) is 38.0 Å². The van der Waals surface area contributed by atoms with E-state index in [4.69, 9.17) is 4.74 Å². The van der Waals surface area contributed by atoms with Gasteiger partial charge >= 0.3 is 0 Å². The molecule has 6 heteroatoms. The maximum atomic E-state index is 13.2. The van der Waals surface area contributed by atoms with E-state index in [-0.39, 0.29) is 24.3 Å². The number of hydrogen-bond donors (Lipinski definition) is 2. The molecule has 1 aliphatic rings. The number of carbonyl (C=O) groups excluding carboxylic acids is 2. The number of amides is 2. The van der Waals surface area contributed by atoms with Gasteiger partial charge in [-0.2, -0.15) is 0 Å². The van der Waals surface area contributed by atoms with Gasteiger partial charge in [0.05, 0.1) is 12.0 Å². The van der Waals surface area contributed by atoms with Crippen molar-refractivity contribution in [3.05, 3.63) is 29.6 Å². The Bertz CT molecular complexity index is 560. The molecule has 1 unspecified atom stereocenters. The van der Waals surface area contributed by atoms with Crippen LogP contribution in [0, 0.1) is 5.82 Å². The zero-order valence-corrected chi connectivity index (χ0v) is 12.8. The molecule has 0 saturated carbocycles. The van der Waals surface area contributed by atoms with E-state index in [0.717, 1.165) is 0 Å². The summed E-state index contributed by atoms with van der Waals surface area (Å²) in [5.41, 5.74) is 1.02. The summed E-state index contributed by atoms with van der Waals surface area (Å²) in [6.07, 6.45) is 0.950. The Labute approximate surface area is 129 Å². The number of fused-ring (bicyclic) bond motifs is 1. The van der Waals surface area contributed by atoms with Crippen LogP contribution in [0.2, 0.25) is 0 Å². The number of carbonyl (C=O) groups is 2. The van der Waals surface area contributed by atoms with Gasteiger partial charge in [0.2, 0.25) is 11.8 Å². The van der Waals surface area contributed by atoms with Crippen molar-refractivity contribution in [1.29, 1.82) is 0 Å². The lowest BCUT2D eigenvalue weighted by molar-refractivity contribution is -0.126. The number of halogens is 1. The predicted octanol–water partition coefficient (Wildman–Crippen LogP) is 2.18. The van der Waals surface area contributed by atoms with Crippen LogP contribution >= 0.6 is 0 Å². The van der Waals surface area contributed by atoms with Gasteiger partial charge in [-0.3, -0.25) is 9.59 Å². The van der Waals surface area contributed by atoms with Crippen LogP contribution in [0.3, 0.4) is 0 Å². The van der Waals surface area contributed by atoms with Crippen LogP contribution in [0.1, 0.15) is 38.2 Å². The van der Waals surface area contributed by atoms with E-state index < -0.39 is 11.7 Å². The molecule has 1 aliphatic heterocycles. The Morgan fingerprint density at radius 2 is 2.27 bits per heavy atom. The SMILES string of the molecule is CC(C)OCCCNC(=O)C1CC(=O)Nc2cc(F)ccc21. The summed E-state index contributed by atoms with van der Waals surface area (Å²) in [6.45, 7) is 4.97. The molecule has 0 spiro atoms. The van der Waals surface area contributed by atoms with Crippen LogP contribution in [-0.4, -0.2) is 31.1 Å². The molecule has 0 aliphatic carbocycles. The molecule has 1 heterocycles. The molecule has 120 valence electrons. The average Bonchev–Trinajstić information content (AvgIpc) is 2.44. The Balaban J connectivity index is 1.94. The van der Waals surface area contributed by atoms with Crippen LogP contribution in [-0.2, 0) is 14.3 Å². The minimum absolute atomic E-state index is 0.0763. The minimum Gasteiger partial charge on any atom is -0.379 e. The topological polar surface area (TPSA) is 67.4 Å². The molecular weight excluding hydrogens is 287 g/mol. The summed E-state index contributed by atoms with van der Waals surface area (Å²) < 4.78 is 18.6. The van der Waals surface area contributed by atoms with E-state index in [9.17, 15) is 14.0 Å². The number of anilines is 1. The largest absolute Gasteiger partial charge is 0.379 e. The smallest absolute Gasteiger partial charge is 0.228 e. The Hall–Kier alpha value is -1.95. The van der Waals surface area contributed by atoms with E-state index in [2.05, 4.69) is 10.6 Å². The summed E-state index contributed by atoms with van der Waals surface area (Å²) >= 11 is 0. The van der Waals surface area contributed by atoms with E-state index in [1.54, 1.807) is 6.07 Å². The molecule has 2 amide bonds. The Morgan fingerprint density at radius 3 is 3.00 bits per heavy atom. The first-order valence-electron chi connectivity index (χ1n) is 7.46. The summed E-state index contributed by atoms with van der Waals surface area (Å²) in [5.74, 6) is -1.50. The molecule has 2 N–H and O–H groups in total. The second-order valence-corrected chi connectivity index (χ2v) is 5.60. The first-order valence-corrected chi connectivity index (χ1v) is 7.46. The number of benzene rings is 1. The van der Waals surface area contributed by atoms with Crippen LogP contribution in [0.4, 0.5) is 10.1 Å². The second kappa shape index (κ2) is 7.35. The van der Waals surface area contributed by atoms with Crippen molar-refractivity contribution in [3.63, 3.8) is 0 Å². The molecule has 0 bridgehead atoms. The van der Waals surface area contributed by atoms with Gasteiger partial charge in [0.15, 0.2) is 0 Å². The average molecular weight is 308 g/mol. The molecule has 0 saturated heterocycles. The molecule has 2 rings (SSSR count). The fourth-order valence-corrected chi connectivity index (χ4v) is 2.40. The van der Waals surface area contributed by atoms with Crippen LogP contribution in [0.5, 0.6) is 0 Å². The maximum absolute atomic E-state index is 13.2. The number of hydrogen-bond acceptors (Lipinski definition) is 3. The van der Waals surface area contributed by atoms with Gasteiger partial charge < -0.3 is 15.4 Å². The van der Waals surface area contributed by atoms with Crippen LogP contribution in [0.25, 0.3) is 0 Å². The van der Waals surface area contributed by atoms with Gasteiger partial charge in [0, 0.05) is 25.3 Å². The first-order chi connectivity index (χ1) is 10.5. The maximum Gasteiger partial charge on any atom is 0.228 e. The third-order valence-corrected chi connectivity index (χ3v) is 3.44. The molecule has 22 heavy (non-hydrogen) atoms. The van der Waals surface area contributed by atoms with Crippen molar-refractivity contribution in [1.82, 2.24) is 5.32 Å². The molecule has 0 radical (unpaired) electrons. The quantitative estimate of drug-likeness (QED) is 0.792. The lowest BCUT2D eigenvalue weighted by Gasteiger charge is -2.24. The van der Waals surface area contributed by atoms with Crippen molar-refractivity contribution in [3.8, 4) is 0 Å². The first kappa shape index (κ1) is 16.4. The molecule has 0 aromatic heterocycles. The molecule has 1 atom stereocenters. The van der Waals surface area contributed by atoms with Crippen LogP contribution < -0.4 is 10.6 Å². The van der Waals surface area contributed by atoms with Crippen molar-refractivity contribution in [2.24, 2.45) is 0 Å². The molecule has 5 nitrogen and oxygen atoms in total. The zero-order chi connectivity index (χ0) is 16.1. The normalized spacial score (nSPS) is 17.1. The standard InChI is InChI=1S/C16H21FN2O3/c1-10(2)22-7-3-6-18-16(21)13-9-15(20)19-14-8-11(17)4-5-12(13)14/h4-5,8,10,13H,3,6-7,9H2,1-2H3,(H,18,21)(H,19,20). The van der Waals surface area contributed by atoms with Gasteiger partial charge in [0.25, 0.3) is 0 Å². The third-order valence-electron chi connectivity index (χ3n) is 3.44. The lowest BCUT2D eigenvalue weighted by atomic mass is 9.89. The highest BCUT2D eigenvalue weighted by Crippen LogP contribution is 2.32. The lowest BCUT2D eigenvalue weighted by Crippen LogP contribution is -2.35. The van der Waals surface area contributed by atoms with E-state index in [1.165, 1.54) is 12.1 Å². The van der Waals surface area contributed by atoms with Crippen molar-refractivity contribution in [2.75, 3.05) is 18.5 Å². The van der Waals surface area contributed by atoms with Gasteiger partial charge in [0.1, 0.15) is 5.82 Å². The Kier molecular flexibility index (Phi) is 5.49. The van der Waals surface area contributed by atoms with Gasteiger partial charge in [-0.25, -0.2) is 4.39 Å². The van der Waals surface area contributed by atoms with E-state index in [1.807, 2.05) is 13.8 Å². The van der Waals surface area contributed by atoms with E-state index in [0.29, 0.717) is 30.8 Å². The number of rotatable bonds is 6. The highest BCUT2D eigenvalue weighted by molar-refractivity contribution is 6.01. The Morgan fingerprint density at radius 1 is 1.50 bits per heavy atom. The zero-order valence-electron chi connectivity index (χ0n) is 12.8. The highest BCUT2D eigenvalue weighted by atomic mass is 19.1. The third kappa shape index (κ3) is 4.27. The summed E-state index contributed by atoms with van der Waals surface area (Å²) in [7, 11) is 0. The fraction of sp³-hybridized carbons (Fsp3) is 0.500. The summed E-state index contributed by atoms with van der Waals surface area (Å²) in [6, 6.07) is 4.09. The van der Waals surface area contributed by atoms with Crippen molar-refractivity contribution < 1.29 is 18.7 Å². The fourth-order valence-electron chi connectivity index (χ4n) is 2.40. The van der Waals surface area contributed by atoms with Crippen molar-refractivity contribution >= 4 is 17.5 Å². The second-order valence-electron chi connectivity index (χ2n) is 5.60. The van der Waals surface area contributed by atoms with Gasteiger partial charge in [-0.15, -0.1) is 0 Å². The molecule has 0 fully saturated rings. The summed E-state index contributed by atoms with van der Waals surface area (Å²) in [5, 5.41) is 5.40. The number of ether oxygens (including phenoxy) is 1. The summed E-state index contributed by atoms with van der Waals surface area (Å²) in [4.78, 5) is 23.9. The highest BCUT2D eigenvalue weighted by Gasteiger charge is 2.30.